The van der Waals surface area contributed by atoms with Gasteiger partial charge in [0.2, 0.25) is 0 Å². The molecule has 4 rings (SSSR count). The van der Waals surface area contributed by atoms with Crippen LogP contribution >= 0.6 is 0 Å². The summed E-state index contributed by atoms with van der Waals surface area (Å²) in [4.78, 5) is 6.07. The molecule has 3 N–H and O–H groups in total. The van der Waals surface area contributed by atoms with E-state index in [1.165, 1.54) is 25.3 Å². The Bertz CT molecular complexity index is 1790. The predicted octanol–water partition coefficient (Wildman–Crippen LogP) is 8.93. The number of pyridine rings is 1. The Morgan fingerprint density at radius 1 is 0.917 bits per heavy atom. The van der Waals surface area contributed by atoms with Crippen molar-refractivity contribution in [2.45, 2.75) is 40.5 Å². The number of hydrogen-bond acceptors (Lipinski definition) is 7. The Morgan fingerprint density at radius 3 is 2.31 bits per heavy atom. The second-order valence-electron chi connectivity index (χ2n) is 11.7. The van der Waals surface area contributed by atoms with E-state index in [9.17, 15) is 9.50 Å². The van der Waals surface area contributed by atoms with Crippen LogP contribution in [0.3, 0.4) is 0 Å². The molecule has 0 amide bonds. The molecule has 0 saturated heterocycles. The molecular weight excluding hydrogens is 617 g/mol. The van der Waals surface area contributed by atoms with Crippen LogP contribution in [-0.2, 0) is 0 Å². The van der Waals surface area contributed by atoms with E-state index in [1.54, 1.807) is 68.7 Å². The van der Waals surface area contributed by atoms with Crippen molar-refractivity contribution in [3.8, 4) is 33.8 Å². The molecule has 3 aromatic carbocycles. The third kappa shape index (κ3) is 8.49. The van der Waals surface area contributed by atoms with Crippen molar-refractivity contribution >= 4 is 17.1 Å². The van der Waals surface area contributed by atoms with Gasteiger partial charge in [0.05, 0.1) is 25.6 Å². The molecule has 7 nitrogen and oxygen atoms in total. The number of nitrogens with two attached hydrogens (primary N) is 1. The molecule has 0 saturated carbocycles. The highest BCUT2D eigenvalue weighted by atomic mass is 19.2. The summed E-state index contributed by atoms with van der Waals surface area (Å²) in [6, 6.07) is 16.2. The lowest BCUT2D eigenvalue weighted by atomic mass is 10.00. The van der Waals surface area contributed by atoms with Crippen molar-refractivity contribution in [1.82, 2.24) is 9.88 Å². The Balaban J connectivity index is 1.65. The molecule has 10 heteroatoms. The fraction of sp³-hybridized carbons (Fsp3) is 0.289. The van der Waals surface area contributed by atoms with Gasteiger partial charge in [-0.1, -0.05) is 36.0 Å². The lowest BCUT2D eigenvalue weighted by molar-refractivity contribution is 0.238. The number of halogens is 3. The summed E-state index contributed by atoms with van der Waals surface area (Å²) in [5.74, 6) is 0.286. The van der Waals surface area contributed by atoms with Gasteiger partial charge in [-0.05, 0) is 86.2 Å². The third-order valence-corrected chi connectivity index (χ3v) is 8.26. The van der Waals surface area contributed by atoms with Crippen LogP contribution in [0.5, 0.6) is 11.5 Å². The molecule has 1 atom stereocenters. The first kappa shape index (κ1) is 35.9. The van der Waals surface area contributed by atoms with E-state index in [4.69, 9.17) is 15.2 Å². The number of nitrogens with zero attached hydrogens (tertiary/aromatic N) is 3. The zero-order valence-corrected chi connectivity index (χ0v) is 28.2. The molecule has 4 aromatic rings. The Hall–Kier alpha value is -4.96. The number of aromatic nitrogens is 1. The molecule has 1 aromatic heterocycles. The van der Waals surface area contributed by atoms with Crippen molar-refractivity contribution in [1.29, 1.82) is 0 Å². The number of aliphatic hydroxyl groups excluding tert-OH is 1. The van der Waals surface area contributed by atoms with Gasteiger partial charge in [0.1, 0.15) is 17.5 Å². The van der Waals surface area contributed by atoms with Crippen LogP contribution in [0.2, 0.25) is 0 Å². The second-order valence-corrected chi connectivity index (χ2v) is 11.7. The van der Waals surface area contributed by atoms with Gasteiger partial charge in [0, 0.05) is 60.1 Å². The van der Waals surface area contributed by atoms with Crippen LogP contribution in [-0.4, -0.2) is 42.4 Å². The van der Waals surface area contributed by atoms with Crippen molar-refractivity contribution in [2.75, 3.05) is 38.2 Å². The van der Waals surface area contributed by atoms with Crippen LogP contribution in [0.4, 0.5) is 24.8 Å². The molecule has 0 bridgehead atoms. The maximum Gasteiger partial charge on any atom is 0.161 e. The highest BCUT2D eigenvalue weighted by Gasteiger charge is 2.18. The number of rotatable bonds is 14. The number of hydrogen-bond donors (Lipinski definition) is 2. The van der Waals surface area contributed by atoms with Crippen LogP contribution in [0.15, 0.2) is 85.0 Å². The lowest BCUT2D eigenvalue weighted by Gasteiger charge is -2.25. The maximum absolute atomic E-state index is 15.8. The predicted molar refractivity (Wildman–Crippen MR) is 187 cm³/mol. The molecule has 0 fully saturated rings. The highest BCUT2D eigenvalue weighted by molar-refractivity contribution is 5.81. The first-order valence-electron chi connectivity index (χ1n) is 15.7. The summed E-state index contributed by atoms with van der Waals surface area (Å²) in [5.41, 5.74) is 10.2. The number of ether oxygens (including phenoxy) is 2. The number of nitrogen functional groups attached to an aromatic ring is 1. The van der Waals surface area contributed by atoms with Gasteiger partial charge in [0.25, 0.3) is 0 Å². The lowest BCUT2D eigenvalue weighted by Crippen LogP contribution is -2.23. The van der Waals surface area contributed by atoms with Crippen molar-refractivity contribution in [3.63, 3.8) is 0 Å². The van der Waals surface area contributed by atoms with Crippen molar-refractivity contribution in [2.24, 2.45) is 5.92 Å². The summed E-state index contributed by atoms with van der Waals surface area (Å²) in [6.45, 7) is 7.67. The molecule has 254 valence electrons. The third-order valence-electron chi connectivity index (χ3n) is 8.26. The monoisotopic (exact) mass is 660 g/mol. The summed E-state index contributed by atoms with van der Waals surface area (Å²) in [6.07, 6.45) is 6.28. The Kier molecular flexibility index (Phi) is 12.1. The van der Waals surface area contributed by atoms with Gasteiger partial charge in [-0.3, -0.25) is 0 Å². The van der Waals surface area contributed by atoms with Crippen molar-refractivity contribution in [3.05, 3.63) is 108 Å². The topological polar surface area (TPSA) is 84.1 Å². The van der Waals surface area contributed by atoms with E-state index < -0.39 is 5.82 Å². The van der Waals surface area contributed by atoms with Crippen molar-refractivity contribution < 1.29 is 27.8 Å². The van der Waals surface area contributed by atoms with Crippen LogP contribution in [0, 0.1) is 24.5 Å². The number of allylic oxidation sites excluding steroid dienone is 2. The van der Waals surface area contributed by atoms with Gasteiger partial charge in [-0.15, -0.1) is 0 Å². The average molecular weight is 661 g/mol. The zero-order chi connectivity index (χ0) is 35.0. The summed E-state index contributed by atoms with van der Waals surface area (Å²) in [7, 11) is 3.09. The molecule has 0 aliphatic rings. The molecule has 48 heavy (non-hydrogen) atoms. The number of methoxy groups -OCH3 is 2. The minimum absolute atomic E-state index is 0.0163. The Morgan fingerprint density at radius 2 is 1.67 bits per heavy atom. The van der Waals surface area contributed by atoms with Crippen LogP contribution in [0.25, 0.3) is 27.8 Å². The normalized spacial score (nSPS) is 12.5. The van der Waals surface area contributed by atoms with E-state index in [0.717, 1.165) is 23.6 Å². The van der Waals surface area contributed by atoms with Gasteiger partial charge in [-0.2, -0.15) is 5.12 Å². The number of benzene rings is 3. The number of aryl methyl sites for hydroxylation is 1. The smallest absolute Gasteiger partial charge is 0.161 e. The average Bonchev–Trinajstić information content (AvgIpc) is 3.07. The fourth-order valence-electron chi connectivity index (χ4n) is 5.51. The largest absolute Gasteiger partial charge is 0.493 e. The van der Waals surface area contributed by atoms with E-state index in [1.807, 2.05) is 26.0 Å². The molecule has 0 aliphatic carbocycles. The molecular formula is C38H43F3N4O3. The van der Waals surface area contributed by atoms with Gasteiger partial charge in [0.15, 0.2) is 11.5 Å². The Labute approximate surface area is 280 Å². The molecule has 1 unspecified atom stereocenters. The molecule has 0 aliphatic heterocycles. The minimum Gasteiger partial charge on any atom is -0.493 e. The quantitative estimate of drug-likeness (QED) is 0.131. The SMILES string of the molecule is CCC(CCO)CN(/C=C(\C)c1ccc(C)cc1F)/C=C(\C)N(F)c1ccc(-c2cc(-c3ccc(OC)c(OC)c3)cnc2N)c(F)c1. The maximum atomic E-state index is 15.8. The van der Waals surface area contributed by atoms with Crippen LogP contribution < -0.4 is 20.3 Å². The fourth-order valence-corrected chi connectivity index (χ4v) is 5.51. The number of anilines is 2. The summed E-state index contributed by atoms with van der Waals surface area (Å²) >= 11 is 0. The second kappa shape index (κ2) is 16.2. The van der Waals surface area contributed by atoms with E-state index >= 15 is 8.87 Å². The van der Waals surface area contributed by atoms with E-state index in [-0.39, 0.29) is 41.1 Å². The van der Waals surface area contributed by atoms with E-state index in [2.05, 4.69) is 4.98 Å². The standard InChI is InChI=1S/C38H43F3N4O3/c1-7-27(14-15-46)23-44(21-25(3)31-11-8-24(2)16-34(31)39)22-26(4)45(41)30-10-12-32(35(40)19-30)33-17-29(20-43-38(33)42)28-9-13-36(47-5)37(18-28)48-6/h8-13,16-22,27,46H,7,14-15,23H2,1-6H3,(H2,42,43)/b25-21+,26-22+. The van der Waals surface area contributed by atoms with Gasteiger partial charge < -0.3 is 25.2 Å². The molecule has 0 radical (unpaired) electrons. The highest BCUT2D eigenvalue weighted by Crippen LogP contribution is 2.36. The summed E-state index contributed by atoms with van der Waals surface area (Å²) in [5, 5.41) is 9.95. The first-order chi connectivity index (χ1) is 23.0. The molecule has 1 heterocycles. The van der Waals surface area contributed by atoms with Gasteiger partial charge in [-0.25, -0.2) is 13.8 Å². The number of aliphatic hydroxyl groups is 1. The minimum atomic E-state index is -0.683. The molecule has 0 spiro atoms. The van der Waals surface area contributed by atoms with Gasteiger partial charge >= 0.3 is 0 Å². The summed E-state index contributed by atoms with van der Waals surface area (Å²) < 4.78 is 57.0. The van der Waals surface area contributed by atoms with E-state index in [0.29, 0.717) is 51.9 Å². The van der Waals surface area contributed by atoms with Crippen LogP contribution in [0.1, 0.15) is 44.7 Å². The first-order valence-corrected chi connectivity index (χ1v) is 15.7. The zero-order valence-electron chi connectivity index (χ0n) is 28.2.